The first-order valence-electron chi connectivity index (χ1n) is 9.28. The number of nitro groups is 1. The first kappa shape index (κ1) is 19.6. The average molecular weight is 412 g/mol. The maximum absolute atomic E-state index is 12.6. The minimum atomic E-state index is -0.637. The Balaban J connectivity index is 1.62. The highest BCUT2D eigenvalue weighted by Crippen LogP contribution is 2.21. The van der Waals surface area contributed by atoms with Crippen LogP contribution >= 0.6 is 0 Å². The van der Waals surface area contributed by atoms with Gasteiger partial charge < -0.3 is 0 Å². The molecule has 0 spiro atoms. The maximum Gasteiger partial charge on any atom is 0.311 e. The van der Waals surface area contributed by atoms with Gasteiger partial charge in [-0.1, -0.05) is 60.7 Å². The number of aromatic nitrogens is 3. The maximum atomic E-state index is 12.6. The SMILES string of the molecule is O=C(N/N=C/c1ccccc1[N+](=O)[O-])c1nc(-c2ccccc2)n(-c2ccccc2)n1. The van der Waals surface area contributed by atoms with E-state index in [1.54, 1.807) is 16.8 Å². The first-order valence-corrected chi connectivity index (χ1v) is 9.28. The van der Waals surface area contributed by atoms with Crippen LogP contribution in [0.4, 0.5) is 5.69 Å². The lowest BCUT2D eigenvalue weighted by molar-refractivity contribution is -0.385. The third kappa shape index (κ3) is 4.35. The second-order valence-electron chi connectivity index (χ2n) is 6.39. The lowest BCUT2D eigenvalue weighted by Gasteiger charge is -2.05. The smallest absolute Gasteiger partial charge is 0.264 e. The van der Waals surface area contributed by atoms with E-state index in [9.17, 15) is 14.9 Å². The van der Waals surface area contributed by atoms with E-state index in [1.165, 1.54) is 18.3 Å². The molecule has 0 aliphatic heterocycles. The molecule has 0 unspecified atom stereocenters. The lowest BCUT2D eigenvalue weighted by Crippen LogP contribution is -2.19. The van der Waals surface area contributed by atoms with E-state index in [0.717, 1.165) is 11.3 Å². The Morgan fingerprint density at radius 1 is 0.968 bits per heavy atom. The summed E-state index contributed by atoms with van der Waals surface area (Å²) < 4.78 is 1.58. The summed E-state index contributed by atoms with van der Waals surface area (Å²) in [7, 11) is 0. The van der Waals surface area contributed by atoms with Crippen molar-refractivity contribution in [1.29, 1.82) is 0 Å². The van der Waals surface area contributed by atoms with E-state index in [4.69, 9.17) is 0 Å². The monoisotopic (exact) mass is 412 g/mol. The molecule has 0 aliphatic rings. The number of hydrazone groups is 1. The molecule has 9 heteroatoms. The van der Waals surface area contributed by atoms with Gasteiger partial charge in [-0.25, -0.2) is 15.1 Å². The fourth-order valence-corrected chi connectivity index (χ4v) is 2.90. The van der Waals surface area contributed by atoms with Gasteiger partial charge in [0.05, 0.1) is 22.4 Å². The van der Waals surface area contributed by atoms with Crippen molar-refractivity contribution in [2.24, 2.45) is 5.10 Å². The van der Waals surface area contributed by atoms with E-state index in [-0.39, 0.29) is 17.1 Å². The van der Waals surface area contributed by atoms with Crippen LogP contribution in [0.3, 0.4) is 0 Å². The Morgan fingerprint density at radius 3 is 2.32 bits per heavy atom. The first-order chi connectivity index (χ1) is 15.1. The largest absolute Gasteiger partial charge is 0.311 e. The van der Waals surface area contributed by atoms with Crippen molar-refractivity contribution in [3.05, 3.63) is 106 Å². The molecule has 152 valence electrons. The summed E-state index contributed by atoms with van der Waals surface area (Å²) in [5, 5.41) is 19.3. The summed E-state index contributed by atoms with van der Waals surface area (Å²) in [5.74, 6) is -0.219. The highest BCUT2D eigenvalue weighted by molar-refractivity contribution is 5.92. The van der Waals surface area contributed by atoms with Crippen molar-refractivity contribution in [3.8, 4) is 17.1 Å². The predicted octanol–water partition coefficient (Wildman–Crippen LogP) is 3.61. The molecule has 1 N–H and O–H groups in total. The van der Waals surface area contributed by atoms with Crippen LogP contribution in [0.5, 0.6) is 0 Å². The summed E-state index contributed by atoms with van der Waals surface area (Å²) in [6.45, 7) is 0. The zero-order valence-electron chi connectivity index (χ0n) is 16.1. The normalized spacial score (nSPS) is 10.8. The second-order valence-corrected chi connectivity index (χ2v) is 6.39. The summed E-state index contributed by atoms with van der Waals surface area (Å²) in [4.78, 5) is 27.5. The zero-order valence-corrected chi connectivity index (χ0v) is 16.1. The highest BCUT2D eigenvalue weighted by atomic mass is 16.6. The molecule has 0 radical (unpaired) electrons. The van der Waals surface area contributed by atoms with Gasteiger partial charge in [-0.05, 0) is 18.2 Å². The van der Waals surface area contributed by atoms with Gasteiger partial charge in [-0.15, -0.1) is 5.10 Å². The zero-order chi connectivity index (χ0) is 21.6. The standard InChI is InChI=1S/C22H16N6O3/c29-22(25-23-15-17-11-7-8-14-19(17)28(30)31)20-24-21(16-9-3-1-4-10-16)27(26-20)18-12-5-2-6-13-18/h1-15H,(H,25,29)/b23-15+. The van der Waals surface area contributed by atoms with E-state index in [0.29, 0.717) is 5.82 Å². The Kier molecular flexibility index (Phi) is 5.57. The third-order valence-electron chi connectivity index (χ3n) is 4.35. The number of hydrogen-bond acceptors (Lipinski definition) is 6. The molecule has 1 aromatic heterocycles. The van der Waals surface area contributed by atoms with E-state index in [1.807, 2.05) is 60.7 Å². The molecule has 9 nitrogen and oxygen atoms in total. The van der Waals surface area contributed by atoms with Crippen LogP contribution in [0.15, 0.2) is 90.0 Å². The number of rotatable bonds is 6. The van der Waals surface area contributed by atoms with Crippen LogP contribution in [0.2, 0.25) is 0 Å². The van der Waals surface area contributed by atoms with Crippen molar-refractivity contribution in [2.45, 2.75) is 0 Å². The molecule has 3 aromatic carbocycles. The van der Waals surface area contributed by atoms with Crippen molar-refractivity contribution in [3.63, 3.8) is 0 Å². The molecule has 31 heavy (non-hydrogen) atoms. The van der Waals surface area contributed by atoms with Crippen molar-refractivity contribution in [1.82, 2.24) is 20.2 Å². The number of nitro benzene ring substituents is 1. The molecule has 0 saturated heterocycles. The van der Waals surface area contributed by atoms with E-state index < -0.39 is 10.8 Å². The number of carbonyl (C=O) groups is 1. The van der Waals surface area contributed by atoms with Gasteiger partial charge in [0.1, 0.15) is 0 Å². The van der Waals surface area contributed by atoms with E-state index in [2.05, 4.69) is 20.6 Å². The summed E-state index contributed by atoms with van der Waals surface area (Å²) >= 11 is 0. The molecule has 0 fully saturated rings. The van der Waals surface area contributed by atoms with Crippen molar-refractivity contribution < 1.29 is 9.72 Å². The Hall–Kier alpha value is -4.66. The van der Waals surface area contributed by atoms with Crippen LogP contribution < -0.4 is 5.43 Å². The number of hydrogen-bond donors (Lipinski definition) is 1. The van der Waals surface area contributed by atoms with Crippen LogP contribution in [0.1, 0.15) is 16.2 Å². The second kappa shape index (κ2) is 8.78. The van der Waals surface area contributed by atoms with Crippen LogP contribution in [-0.4, -0.2) is 31.8 Å². The third-order valence-corrected chi connectivity index (χ3v) is 4.35. The Bertz CT molecular complexity index is 1200. The number of nitrogens with zero attached hydrogens (tertiary/aromatic N) is 5. The quantitative estimate of drug-likeness (QED) is 0.295. The minimum absolute atomic E-state index is 0.0811. The topological polar surface area (TPSA) is 115 Å². The van der Waals surface area contributed by atoms with Crippen LogP contribution in [0, 0.1) is 10.1 Å². The van der Waals surface area contributed by atoms with Gasteiger partial charge in [-0.3, -0.25) is 14.9 Å². The fraction of sp³-hybridized carbons (Fsp3) is 0. The van der Waals surface area contributed by atoms with Gasteiger partial charge in [-0.2, -0.15) is 5.10 Å². The summed E-state index contributed by atoms with van der Waals surface area (Å²) in [6.07, 6.45) is 1.21. The molecule has 4 rings (SSSR count). The Labute approximate surface area is 176 Å². The molecule has 1 heterocycles. The van der Waals surface area contributed by atoms with Gasteiger partial charge >= 0.3 is 5.91 Å². The van der Waals surface area contributed by atoms with Crippen molar-refractivity contribution in [2.75, 3.05) is 0 Å². The average Bonchev–Trinajstić information content (AvgIpc) is 3.26. The molecular weight excluding hydrogens is 396 g/mol. The number of amides is 1. The minimum Gasteiger partial charge on any atom is -0.264 e. The number of benzene rings is 3. The highest BCUT2D eigenvalue weighted by Gasteiger charge is 2.18. The molecule has 0 bridgehead atoms. The Morgan fingerprint density at radius 2 is 1.61 bits per heavy atom. The number of nitrogens with one attached hydrogen (secondary N) is 1. The fourth-order valence-electron chi connectivity index (χ4n) is 2.90. The number of carbonyl (C=O) groups excluding carboxylic acids is 1. The van der Waals surface area contributed by atoms with Crippen molar-refractivity contribution >= 4 is 17.8 Å². The van der Waals surface area contributed by atoms with Gasteiger partial charge in [0, 0.05) is 11.6 Å². The number of para-hydroxylation sites is 2. The van der Waals surface area contributed by atoms with E-state index >= 15 is 0 Å². The van der Waals surface area contributed by atoms with Crippen LogP contribution in [0.25, 0.3) is 17.1 Å². The molecule has 4 aromatic rings. The molecule has 0 saturated carbocycles. The van der Waals surface area contributed by atoms with Gasteiger partial charge in [0.15, 0.2) is 5.82 Å². The predicted molar refractivity (Wildman–Crippen MR) is 115 cm³/mol. The summed E-state index contributed by atoms with van der Waals surface area (Å²) in [5.41, 5.74) is 4.02. The molecule has 0 aliphatic carbocycles. The lowest BCUT2D eigenvalue weighted by atomic mass is 10.2. The van der Waals surface area contributed by atoms with Gasteiger partial charge in [0.2, 0.25) is 5.82 Å². The molecular formula is C22H16N6O3. The van der Waals surface area contributed by atoms with Gasteiger partial charge in [0.25, 0.3) is 5.69 Å². The molecule has 0 atom stereocenters. The van der Waals surface area contributed by atoms with Crippen LogP contribution in [-0.2, 0) is 0 Å². The molecule has 1 amide bonds. The summed E-state index contributed by atoms with van der Waals surface area (Å²) in [6, 6.07) is 24.8.